The van der Waals surface area contributed by atoms with Crippen molar-refractivity contribution in [2.45, 2.75) is 25.9 Å². The summed E-state index contributed by atoms with van der Waals surface area (Å²) in [5, 5.41) is 2.88. The van der Waals surface area contributed by atoms with E-state index in [0.717, 1.165) is 5.69 Å². The molecule has 1 aliphatic rings. The maximum Gasteiger partial charge on any atom is 0.241 e. The SMILES string of the molecule is C[C@@H]1CC(=O)Nc2ccccc2N1C(=O)CN(C)Cc1ccccc1. The van der Waals surface area contributed by atoms with Gasteiger partial charge in [-0.25, -0.2) is 0 Å². The van der Waals surface area contributed by atoms with E-state index in [9.17, 15) is 9.59 Å². The number of nitrogens with zero attached hydrogens (tertiary/aromatic N) is 2. The molecule has 0 spiro atoms. The molecule has 3 rings (SSSR count). The van der Waals surface area contributed by atoms with Crippen LogP contribution in [0.3, 0.4) is 0 Å². The Hall–Kier alpha value is -2.66. The van der Waals surface area contributed by atoms with E-state index in [1.54, 1.807) is 4.90 Å². The fraction of sp³-hybridized carbons (Fsp3) is 0.300. The van der Waals surface area contributed by atoms with Crippen LogP contribution in [0.25, 0.3) is 0 Å². The maximum atomic E-state index is 13.0. The van der Waals surface area contributed by atoms with E-state index in [2.05, 4.69) is 5.32 Å². The highest BCUT2D eigenvalue weighted by molar-refractivity contribution is 6.04. The standard InChI is InChI=1S/C20H23N3O2/c1-15-12-19(24)21-17-10-6-7-11-18(17)23(15)20(25)14-22(2)13-16-8-4-3-5-9-16/h3-11,15H,12-14H2,1-2H3,(H,21,24)/t15-/m1/s1. The van der Waals surface area contributed by atoms with Crippen molar-refractivity contribution in [3.05, 3.63) is 60.2 Å². The van der Waals surface area contributed by atoms with Crippen LogP contribution in [0.5, 0.6) is 0 Å². The molecule has 0 fully saturated rings. The average molecular weight is 337 g/mol. The van der Waals surface area contributed by atoms with Crippen LogP contribution in [0.2, 0.25) is 0 Å². The maximum absolute atomic E-state index is 13.0. The lowest BCUT2D eigenvalue weighted by Crippen LogP contribution is -2.44. The van der Waals surface area contributed by atoms with E-state index < -0.39 is 0 Å². The molecule has 1 atom stereocenters. The molecule has 2 amide bonds. The number of amides is 2. The molecule has 130 valence electrons. The van der Waals surface area contributed by atoms with Gasteiger partial charge in [-0.1, -0.05) is 42.5 Å². The molecule has 5 heteroatoms. The van der Waals surface area contributed by atoms with Gasteiger partial charge in [0.1, 0.15) is 0 Å². The first-order valence-corrected chi connectivity index (χ1v) is 8.48. The lowest BCUT2D eigenvalue weighted by atomic mass is 10.1. The van der Waals surface area contributed by atoms with Crippen LogP contribution in [0, 0.1) is 0 Å². The third-order valence-corrected chi connectivity index (χ3v) is 4.33. The number of anilines is 2. The highest BCUT2D eigenvalue weighted by Crippen LogP contribution is 2.31. The molecule has 0 aromatic heterocycles. The van der Waals surface area contributed by atoms with Crippen LogP contribution in [0.4, 0.5) is 11.4 Å². The van der Waals surface area contributed by atoms with E-state index >= 15 is 0 Å². The summed E-state index contributed by atoms with van der Waals surface area (Å²) in [6, 6.07) is 17.4. The number of rotatable bonds is 4. The lowest BCUT2D eigenvalue weighted by Gasteiger charge is -2.29. The minimum absolute atomic E-state index is 0.00474. The Kier molecular flexibility index (Phi) is 5.14. The Labute approximate surface area is 148 Å². The Morgan fingerprint density at radius 3 is 2.60 bits per heavy atom. The van der Waals surface area contributed by atoms with Gasteiger partial charge in [0.2, 0.25) is 11.8 Å². The second kappa shape index (κ2) is 7.49. The molecular weight excluding hydrogens is 314 g/mol. The summed E-state index contributed by atoms with van der Waals surface area (Å²) in [6.45, 7) is 2.91. The number of para-hydroxylation sites is 2. The first-order valence-electron chi connectivity index (χ1n) is 8.48. The van der Waals surface area contributed by atoms with Gasteiger partial charge in [0.25, 0.3) is 0 Å². The molecular formula is C20H23N3O2. The zero-order valence-corrected chi connectivity index (χ0v) is 14.6. The molecule has 0 saturated carbocycles. The molecule has 0 saturated heterocycles. The second-order valence-electron chi connectivity index (χ2n) is 6.54. The normalized spacial score (nSPS) is 17.0. The summed E-state index contributed by atoms with van der Waals surface area (Å²) in [5.74, 6) is -0.0669. The summed E-state index contributed by atoms with van der Waals surface area (Å²) < 4.78 is 0. The van der Waals surface area contributed by atoms with Gasteiger partial charge < -0.3 is 10.2 Å². The first-order chi connectivity index (χ1) is 12.0. The van der Waals surface area contributed by atoms with E-state index in [1.165, 1.54) is 5.56 Å². The van der Waals surface area contributed by atoms with E-state index in [1.807, 2.05) is 73.5 Å². The molecule has 2 aromatic rings. The topological polar surface area (TPSA) is 52.7 Å². The van der Waals surface area contributed by atoms with Crippen molar-refractivity contribution in [2.24, 2.45) is 0 Å². The molecule has 1 aliphatic heterocycles. The molecule has 1 heterocycles. The highest BCUT2D eigenvalue weighted by atomic mass is 16.2. The third kappa shape index (κ3) is 4.06. The van der Waals surface area contributed by atoms with E-state index in [4.69, 9.17) is 0 Å². The van der Waals surface area contributed by atoms with Gasteiger partial charge >= 0.3 is 0 Å². The largest absolute Gasteiger partial charge is 0.324 e. The van der Waals surface area contributed by atoms with E-state index in [0.29, 0.717) is 25.2 Å². The van der Waals surface area contributed by atoms with Crippen molar-refractivity contribution < 1.29 is 9.59 Å². The highest BCUT2D eigenvalue weighted by Gasteiger charge is 2.29. The number of carbonyl (C=O) groups is 2. The minimum Gasteiger partial charge on any atom is -0.324 e. The van der Waals surface area contributed by atoms with Crippen molar-refractivity contribution in [1.29, 1.82) is 0 Å². The Morgan fingerprint density at radius 2 is 1.84 bits per heavy atom. The van der Waals surface area contributed by atoms with Crippen molar-refractivity contribution in [2.75, 3.05) is 23.8 Å². The van der Waals surface area contributed by atoms with Crippen molar-refractivity contribution >= 4 is 23.2 Å². The number of carbonyl (C=O) groups excluding carboxylic acids is 2. The predicted molar refractivity (Wildman–Crippen MR) is 99.4 cm³/mol. The molecule has 0 radical (unpaired) electrons. The summed E-state index contributed by atoms with van der Waals surface area (Å²) in [6.07, 6.45) is 0.294. The van der Waals surface area contributed by atoms with E-state index in [-0.39, 0.29) is 17.9 Å². The molecule has 0 bridgehead atoms. The molecule has 0 unspecified atom stereocenters. The number of benzene rings is 2. The number of nitrogens with one attached hydrogen (secondary N) is 1. The third-order valence-electron chi connectivity index (χ3n) is 4.33. The van der Waals surface area contributed by atoms with Gasteiger partial charge in [0.05, 0.1) is 17.9 Å². The fourth-order valence-corrected chi connectivity index (χ4v) is 3.23. The zero-order chi connectivity index (χ0) is 17.8. The zero-order valence-electron chi connectivity index (χ0n) is 14.6. The summed E-state index contributed by atoms with van der Waals surface area (Å²) in [5.41, 5.74) is 2.62. The number of fused-ring (bicyclic) bond motifs is 1. The molecule has 0 aliphatic carbocycles. The van der Waals surface area contributed by atoms with Crippen molar-refractivity contribution in [3.63, 3.8) is 0 Å². The number of hydrogen-bond donors (Lipinski definition) is 1. The van der Waals surface area contributed by atoms with Crippen LogP contribution < -0.4 is 10.2 Å². The van der Waals surface area contributed by atoms with Gasteiger partial charge in [0, 0.05) is 19.0 Å². The quantitative estimate of drug-likeness (QED) is 0.933. The van der Waals surface area contributed by atoms with Gasteiger partial charge in [0.15, 0.2) is 0 Å². The van der Waals surface area contributed by atoms with Crippen LogP contribution >= 0.6 is 0 Å². The first kappa shape index (κ1) is 17.2. The molecule has 25 heavy (non-hydrogen) atoms. The summed E-state index contributed by atoms with van der Waals surface area (Å²) in [4.78, 5) is 28.7. The number of hydrogen-bond acceptors (Lipinski definition) is 3. The average Bonchev–Trinajstić information content (AvgIpc) is 2.69. The monoisotopic (exact) mass is 337 g/mol. The van der Waals surface area contributed by atoms with Crippen LogP contribution in [-0.2, 0) is 16.1 Å². The summed E-state index contributed by atoms with van der Waals surface area (Å²) in [7, 11) is 1.93. The Balaban J connectivity index is 1.77. The van der Waals surface area contributed by atoms with Crippen LogP contribution in [0.1, 0.15) is 18.9 Å². The van der Waals surface area contributed by atoms with Gasteiger partial charge in [-0.15, -0.1) is 0 Å². The number of likely N-dealkylation sites (N-methyl/N-ethyl adjacent to an activating group) is 1. The van der Waals surface area contributed by atoms with Gasteiger partial charge in [-0.3, -0.25) is 14.5 Å². The minimum atomic E-state index is -0.179. The molecule has 1 N–H and O–H groups in total. The fourth-order valence-electron chi connectivity index (χ4n) is 3.23. The smallest absolute Gasteiger partial charge is 0.241 e. The van der Waals surface area contributed by atoms with Crippen molar-refractivity contribution in [3.8, 4) is 0 Å². The molecule has 2 aromatic carbocycles. The van der Waals surface area contributed by atoms with Crippen molar-refractivity contribution in [1.82, 2.24) is 4.90 Å². The van der Waals surface area contributed by atoms with Crippen LogP contribution in [0.15, 0.2) is 54.6 Å². The predicted octanol–water partition coefficient (Wildman–Crippen LogP) is 2.88. The van der Waals surface area contributed by atoms with Gasteiger partial charge in [-0.05, 0) is 31.7 Å². The van der Waals surface area contributed by atoms with Gasteiger partial charge in [-0.2, -0.15) is 0 Å². The Bertz CT molecular complexity index is 761. The summed E-state index contributed by atoms with van der Waals surface area (Å²) >= 11 is 0. The lowest BCUT2D eigenvalue weighted by molar-refractivity contribution is -0.120. The van der Waals surface area contributed by atoms with Crippen LogP contribution in [-0.4, -0.2) is 36.3 Å². The second-order valence-corrected chi connectivity index (χ2v) is 6.54. The molecule has 5 nitrogen and oxygen atoms in total. The Morgan fingerprint density at radius 1 is 1.16 bits per heavy atom.